The second-order valence-electron chi connectivity index (χ2n) is 5.40. The highest BCUT2D eigenvalue weighted by Crippen LogP contribution is 2.35. The van der Waals surface area contributed by atoms with Gasteiger partial charge in [0.1, 0.15) is 0 Å². The van der Waals surface area contributed by atoms with Gasteiger partial charge in [-0.25, -0.2) is 12.8 Å². The minimum absolute atomic E-state index is 0.0557. The molecule has 3 aromatic carbocycles. The summed E-state index contributed by atoms with van der Waals surface area (Å²) in [4.78, 5) is 0.114. The van der Waals surface area contributed by atoms with Crippen LogP contribution in [0.2, 0.25) is 0 Å². The smallest absolute Gasteiger partial charge is 0.261 e. The van der Waals surface area contributed by atoms with Crippen molar-refractivity contribution in [2.75, 3.05) is 4.72 Å². The average molecular weight is 517 g/mol. The molecule has 0 aliphatic rings. The van der Waals surface area contributed by atoms with Crippen LogP contribution in [0.5, 0.6) is 0 Å². The van der Waals surface area contributed by atoms with Crippen LogP contribution in [0.3, 0.4) is 0 Å². The molecule has 0 bridgehead atoms. The quantitative estimate of drug-likeness (QED) is 0.411. The summed E-state index contributed by atoms with van der Waals surface area (Å²) in [5.74, 6) is -0.735. The Morgan fingerprint density at radius 3 is 2.15 bits per heavy atom. The van der Waals surface area contributed by atoms with Crippen molar-refractivity contribution in [2.24, 2.45) is 0 Å². The van der Waals surface area contributed by atoms with Gasteiger partial charge in [-0.2, -0.15) is 0 Å². The van der Waals surface area contributed by atoms with Crippen LogP contribution < -0.4 is 4.72 Å². The molecule has 0 heterocycles. The van der Waals surface area contributed by atoms with E-state index in [1.807, 2.05) is 18.2 Å². The lowest BCUT2D eigenvalue weighted by Crippen LogP contribution is -2.14. The van der Waals surface area contributed by atoms with Gasteiger partial charge in [0.15, 0.2) is 5.82 Å². The van der Waals surface area contributed by atoms with Gasteiger partial charge in [-0.05, 0) is 47.5 Å². The van der Waals surface area contributed by atoms with Gasteiger partial charge in [-0.15, -0.1) is 12.6 Å². The van der Waals surface area contributed by atoms with Crippen molar-refractivity contribution in [1.29, 1.82) is 0 Å². The zero-order chi connectivity index (χ0) is 18.9. The molecular weight excluding hydrogens is 505 g/mol. The maximum Gasteiger partial charge on any atom is 0.261 e. The van der Waals surface area contributed by atoms with Crippen LogP contribution in [0.15, 0.2) is 79.4 Å². The van der Waals surface area contributed by atoms with E-state index in [1.54, 1.807) is 24.3 Å². The monoisotopic (exact) mass is 515 g/mol. The number of hydrogen-bond donors (Lipinski definition) is 2. The van der Waals surface area contributed by atoms with Gasteiger partial charge in [0.05, 0.1) is 10.6 Å². The summed E-state index contributed by atoms with van der Waals surface area (Å²) in [7, 11) is -3.88. The summed E-state index contributed by atoms with van der Waals surface area (Å²) >= 11 is 11.0. The Morgan fingerprint density at radius 2 is 1.54 bits per heavy atom. The maximum absolute atomic E-state index is 14.8. The number of thiol groups is 1. The molecule has 0 saturated carbocycles. The lowest BCUT2D eigenvalue weighted by atomic mass is 10.1. The van der Waals surface area contributed by atoms with Crippen LogP contribution in [0, 0.1) is 5.82 Å². The maximum atomic E-state index is 14.8. The molecule has 0 fully saturated rings. The zero-order valence-corrected chi connectivity index (χ0v) is 18.0. The number of anilines is 1. The molecule has 0 aliphatic heterocycles. The first-order valence-corrected chi connectivity index (χ1v) is 10.9. The van der Waals surface area contributed by atoms with E-state index < -0.39 is 15.8 Å². The van der Waals surface area contributed by atoms with E-state index in [0.717, 1.165) is 14.5 Å². The van der Waals surface area contributed by atoms with Crippen molar-refractivity contribution in [3.63, 3.8) is 0 Å². The van der Waals surface area contributed by atoms with Crippen LogP contribution in [0.1, 0.15) is 0 Å². The topological polar surface area (TPSA) is 46.2 Å². The summed E-state index contributed by atoms with van der Waals surface area (Å²) in [5.41, 5.74) is 1.14. The Morgan fingerprint density at radius 1 is 0.923 bits per heavy atom. The Kier molecular flexibility index (Phi) is 5.76. The highest BCUT2D eigenvalue weighted by Gasteiger charge is 2.19. The molecule has 3 aromatic rings. The van der Waals surface area contributed by atoms with Gasteiger partial charge in [0, 0.05) is 13.8 Å². The highest BCUT2D eigenvalue weighted by atomic mass is 79.9. The molecule has 0 aliphatic carbocycles. The van der Waals surface area contributed by atoms with Crippen LogP contribution >= 0.6 is 44.5 Å². The number of nitrogens with one attached hydrogen (secondary N) is 1. The van der Waals surface area contributed by atoms with Crippen molar-refractivity contribution in [3.8, 4) is 11.1 Å². The van der Waals surface area contributed by atoms with Crippen molar-refractivity contribution >= 4 is 60.2 Å². The van der Waals surface area contributed by atoms with Crippen molar-refractivity contribution in [1.82, 2.24) is 0 Å². The lowest BCUT2D eigenvalue weighted by molar-refractivity contribution is 0.594. The molecule has 0 atom stereocenters. The van der Waals surface area contributed by atoms with Gasteiger partial charge in [0.25, 0.3) is 10.0 Å². The third-order valence-electron chi connectivity index (χ3n) is 3.59. The van der Waals surface area contributed by atoms with E-state index in [0.29, 0.717) is 5.56 Å². The molecular formula is C18H12Br2FNO2S2. The third kappa shape index (κ3) is 4.14. The van der Waals surface area contributed by atoms with Gasteiger partial charge >= 0.3 is 0 Å². The number of rotatable bonds is 4. The standard InChI is InChI=1S/C18H12Br2FNO2S2/c19-12-8-11(9-13(20)10-12)15-6-7-16(17(21)18(15)25)22-26(23,24)14-4-2-1-3-5-14/h1-10,22,25H. The van der Waals surface area contributed by atoms with E-state index in [1.165, 1.54) is 18.2 Å². The van der Waals surface area contributed by atoms with Crippen LogP contribution in [-0.4, -0.2) is 8.42 Å². The van der Waals surface area contributed by atoms with E-state index in [2.05, 4.69) is 49.2 Å². The van der Waals surface area contributed by atoms with Crippen molar-refractivity contribution < 1.29 is 12.8 Å². The highest BCUT2D eigenvalue weighted by molar-refractivity contribution is 9.11. The van der Waals surface area contributed by atoms with E-state index >= 15 is 0 Å². The van der Waals surface area contributed by atoms with Crippen molar-refractivity contribution in [2.45, 2.75) is 9.79 Å². The molecule has 26 heavy (non-hydrogen) atoms. The fourth-order valence-electron chi connectivity index (χ4n) is 2.39. The fourth-order valence-corrected chi connectivity index (χ4v) is 5.09. The Labute approximate surface area is 173 Å². The molecule has 0 unspecified atom stereocenters. The molecule has 1 N–H and O–H groups in total. The van der Waals surface area contributed by atoms with Crippen LogP contribution in [0.4, 0.5) is 10.1 Å². The summed E-state index contributed by atoms with van der Waals surface area (Å²) in [5, 5.41) is 0. The third-order valence-corrected chi connectivity index (χ3v) is 6.32. The SMILES string of the molecule is O=S(=O)(Nc1ccc(-c2cc(Br)cc(Br)c2)c(S)c1F)c1ccccc1. The second-order valence-corrected chi connectivity index (χ2v) is 9.36. The van der Waals surface area contributed by atoms with Crippen molar-refractivity contribution in [3.05, 3.63) is 75.4 Å². The molecule has 0 saturated heterocycles. The normalized spacial score (nSPS) is 11.4. The van der Waals surface area contributed by atoms with Crippen LogP contribution in [-0.2, 0) is 10.0 Å². The summed E-state index contributed by atoms with van der Waals surface area (Å²) in [6.07, 6.45) is 0. The van der Waals surface area contributed by atoms with E-state index in [9.17, 15) is 12.8 Å². The minimum atomic E-state index is -3.88. The number of benzene rings is 3. The van der Waals surface area contributed by atoms with Gasteiger partial charge in [0.2, 0.25) is 0 Å². The molecule has 0 aromatic heterocycles. The molecule has 3 rings (SSSR count). The number of sulfonamides is 1. The van der Waals surface area contributed by atoms with E-state index in [4.69, 9.17) is 0 Å². The summed E-state index contributed by atoms with van der Waals surface area (Å²) in [6.45, 7) is 0. The first-order valence-electron chi connectivity index (χ1n) is 7.34. The predicted molar refractivity (Wildman–Crippen MR) is 112 cm³/mol. The minimum Gasteiger partial charge on any atom is -0.277 e. The van der Waals surface area contributed by atoms with Crippen LogP contribution in [0.25, 0.3) is 11.1 Å². The lowest BCUT2D eigenvalue weighted by Gasteiger charge is -2.13. The largest absolute Gasteiger partial charge is 0.277 e. The van der Waals surface area contributed by atoms with Gasteiger partial charge in [-0.3, -0.25) is 4.72 Å². The molecule has 0 amide bonds. The molecule has 0 radical (unpaired) electrons. The first kappa shape index (κ1) is 19.4. The Hall–Kier alpha value is -1.35. The average Bonchev–Trinajstić information content (AvgIpc) is 2.59. The van der Waals surface area contributed by atoms with Gasteiger partial charge in [-0.1, -0.05) is 56.1 Å². The second kappa shape index (κ2) is 7.72. The summed E-state index contributed by atoms with van der Waals surface area (Å²) in [6, 6.07) is 16.3. The van der Waals surface area contributed by atoms with E-state index in [-0.39, 0.29) is 15.5 Å². The Balaban J connectivity index is 2.00. The fraction of sp³-hybridized carbons (Fsp3) is 0. The molecule has 134 valence electrons. The summed E-state index contributed by atoms with van der Waals surface area (Å²) < 4.78 is 43.5. The number of hydrogen-bond acceptors (Lipinski definition) is 3. The Bertz CT molecular complexity index is 1050. The van der Waals surface area contributed by atoms with Gasteiger partial charge < -0.3 is 0 Å². The zero-order valence-electron chi connectivity index (χ0n) is 13.1. The first-order chi connectivity index (χ1) is 12.3. The predicted octanol–water partition coefficient (Wildman–Crippen LogP) is 6.11. The molecule has 8 heteroatoms. The molecule has 0 spiro atoms. The number of halogens is 3. The molecule has 3 nitrogen and oxygen atoms in total.